The van der Waals surface area contributed by atoms with E-state index >= 15 is 0 Å². The van der Waals surface area contributed by atoms with Gasteiger partial charge in [-0.05, 0) is 18.6 Å². The molecule has 1 atom stereocenters. The average molecular weight is 231 g/mol. The second kappa shape index (κ2) is 5.24. The Labute approximate surface area is 93.0 Å². The zero-order chi connectivity index (χ0) is 11.4. The quantitative estimate of drug-likeness (QED) is 0.795. The molecule has 0 spiro atoms. The molecule has 0 N–H and O–H groups in total. The molecule has 0 aromatic heterocycles. The first-order valence-electron chi connectivity index (χ1n) is 4.54. The maximum atomic E-state index is 13.4. The Bertz CT molecular complexity index is 366. The highest BCUT2D eigenvalue weighted by atomic mass is 35.5. The van der Waals surface area contributed by atoms with Crippen LogP contribution in [-0.2, 0) is 16.0 Å². The summed E-state index contributed by atoms with van der Waals surface area (Å²) in [4.78, 5) is 11.5. The van der Waals surface area contributed by atoms with Crippen LogP contribution in [-0.4, -0.2) is 19.0 Å². The van der Waals surface area contributed by atoms with Crippen LogP contribution in [0.15, 0.2) is 18.2 Å². The minimum Gasteiger partial charge on any atom is -0.374 e. The molecule has 0 saturated carbocycles. The normalized spacial score (nSPS) is 12.5. The number of carbonyl (C=O) groups excluding carboxylic acids is 1. The minimum absolute atomic E-state index is 0.00139. The Morgan fingerprint density at radius 1 is 1.60 bits per heavy atom. The van der Waals surface area contributed by atoms with Crippen LogP contribution in [0.3, 0.4) is 0 Å². The van der Waals surface area contributed by atoms with Crippen LogP contribution in [0, 0.1) is 5.82 Å². The largest absolute Gasteiger partial charge is 0.374 e. The fraction of sp³-hybridized carbons (Fsp3) is 0.364. The Balaban J connectivity index is 2.81. The number of carbonyl (C=O) groups is 1. The maximum absolute atomic E-state index is 13.4. The molecule has 0 saturated heterocycles. The van der Waals surface area contributed by atoms with Crippen molar-refractivity contribution < 1.29 is 13.9 Å². The van der Waals surface area contributed by atoms with E-state index in [0.717, 1.165) is 0 Å². The van der Waals surface area contributed by atoms with Crippen molar-refractivity contribution in [2.24, 2.45) is 0 Å². The summed E-state index contributed by atoms with van der Waals surface area (Å²) in [6.45, 7) is 1.63. The van der Waals surface area contributed by atoms with Gasteiger partial charge in [0.15, 0.2) is 5.78 Å². The van der Waals surface area contributed by atoms with Gasteiger partial charge in [-0.3, -0.25) is 4.79 Å². The van der Waals surface area contributed by atoms with Crippen LogP contribution >= 0.6 is 11.6 Å². The molecule has 0 fully saturated rings. The lowest BCUT2D eigenvalue weighted by molar-refractivity contribution is -0.127. The van der Waals surface area contributed by atoms with Crippen molar-refractivity contribution in [3.05, 3.63) is 34.6 Å². The Kier molecular flexibility index (Phi) is 4.24. The molecule has 0 aliphatic heterocycles. The molecule has 0 aliphatic carbocycles. The molecule has 2 nitrogen and oxygen atoms in total. The van der Waals surface area contributed by atoms with Gasteiger partial charge in [-0.25, -0.2) is 4.39 Å². The molecule has 1 unspecified atom stereocenters. The Morgan fingerprint density at radius 2 is 2.27 bits per heavy atom. The smallest absolute Gasteiger partial charge is 0.165 e. The summed E-state index contributed by atoms with van der Waals surface area (Å²) in [5, 5.41) is 0.0327. The van der Waals surface area contributed by atoms with Gasteiger partial charge in [0.1, 0.15) is 11.9 Å². The third-order valence-corrected chi connectivity index (χ3v) is 2.50. The molecular weight excluding hydrogens is 219 g/mol. The Morgan fingerprint density at radius 3 is 2.87 bits per heavy atom. The summed E-state index contributed by atoms with van der Waals surface area (Å²) in [5.74, 6) is -0.700. The number of rotatable bonds is 4. The minimum atomic E-state index is -0.532. The van der Waals surface area contributed by atoms with E-state index in [1.54, 1.807) is 19.1 Å². The topological polar surface area (TPSA) is 26.3 Å². The van der Waals surface area contributed by atoms with E-state index in [1.165, 1.54) is 13.2 Å². The third kappa shape index (κ3) is 3.01. The second-order valence-electron chi connectivity index (χ2n) is 3.23. The lowest BCUT2D eigenvalue weighted by atomic mass is 10.1. The lowest BCUT2D eigenvalue weighted by Gasteiger charge is -2.08. The third-order valence-electron chi connectivity index (χ3n) is 2.20. The van der Waals surface area contributed by atoms with Gasteiger partial charge in [-0.1, -0.05) is 23.7 Å². The molecule has 82 valence electrons. The van der Waals surface area contributed by atoms with E-state index in [9.17, 15) is 9.18 Å². The SMILES string of the molecule is COC(C)C(=O)Cc1cccc(Cl)c1F. The summed E-state index contributed by atoms with van der Waals surface area (Å²) in [6, 6.07) is 4.61. The van der Waals surface area contributed by atoms with Crippen molar-refractivity contribution in [3.8, 4) is 0 Å². The summed E-state index contributed by atoms with van der Waals surface area (Å²) in [6.07, 6.45) is -0.523. The molecule has 1 aromatic carbocycles. The van der Waals surface area contributed by atoms with Crippen LogP contribution < -0.4 is 0 Å². The summed E-state index contributed by atoms with van der Waals surface area (Å²) in [5.41, 5.74) is 0.302. The monoisotopic (exact) mass is 230 g/mol. The summed E-state index contributed by atoms with van der Waals surface area (Å²) in [7, 11) is 1.44. The molecule has 0 aliphatic rings. The zero-order valence-electron chi connectivity index (χ0n) is 8.59. The standard InChI is InChI=1S/C11H12ClFO2/c1-7(15-2)10(14)6-8-4-3-5-9(12)11(8)13/h3-5,7H,6H2,1-2H3. The molecular formula is C11H12ClFO2. The summed E-state index contributed by atoms with van der Waals surface area (Å²) >= 11 is 5.59. The molecule has 0 radical (unpaired) electrons. The van der Waals surface area contributed by atoms with Crippen molar-refractivity contribution in [2.75, 3.05) is 7.11 Å². The first-order chi connectivity index (χ1) is 7.06. The number of methoxy groups -OCH3 is 1. The van der Waals surface area contributed by atoms with Crippen molar-refractivity contribution in [1.82, 2.24) is 0 Å². The van der Waals surface area contributed by atoms with Gasteiger partial charge in [0.05, 0.1) is 5.02 Å². The number of ether oxygens (including phenoxy) is 1. The molecule has 0 bridgehead atoms. The predicted octanol–water partition coefficient (Wildman–Crippen LogP) is 2.63. The zero-order valence-corrected chi connectivity index (χ0v) is 9.34. The predicted molar refractivity (Wildman–Crippen MR) is 56.6 cm³/mol. The highest BCUT2D eigenvalue weighted by Crippen LogP contribution is 2.18. The number of benzene rings is 1. The fourth-order valence-electron chi connectivity index (χ4n) is 1.15. The average Bonchev–Trinajstić information content (AvgIpc) is 2.23. The van der Waals surface area contributed by atoms with Gasteiger partial charge < -0.3 is 4.74 Å². The van der Waals surface area contributed by atoms with Gasteiger partial charge in [-0.2, -0.15) is 0 Å². The molecule has 0 amide bonds. The number of hydrogen-bond donors (Lipinski definition) is 0. The first kappa shape index (κ1) is 12.1. The van der Waals surface area contributed by atoms with Gasteiger partial charge in [-0.15, -0.1) is 0 Å². The van der Waals surface area contributed by atoms with Crippen LogP contribution in [0.1, 0.15) is 12.5 Å². The molecule has 1 aromatic rings. The van der Waals surface area contributed by atoms with E-state index in [4.69, 9.17) is 16.3 Å². The number of hydrogen-bond acceptors (Lipinski definition) is 2. The van der Waals surface area contributed by atoms with Gasteiger partial charge in [0.25, 0.3) is 0 Å². The van der Waals surface area contributed by atoms with E-state index < -0.39 is 11.9 Å². The number of Topliss-reactive ketones (excluding diaryl/α,β-unsaturated/α-hetero) is 1. The van der Waals surface area contributed by atoms with Crippen LogP contribution in [0.2, 0.25) is 5.02 Å². The highest BCUT2D eigenvalue weighted by Gasteiger charge is 2.15. The van der Waals surface area contributed by atoms with Gasteiger partial charge in [0, 0.05) is 13.5 Å². The molecule has 0 heterocycles. The highest BCUT2D eigenvalue weighted by molar-refractivity contribution is 6.30. The number of ketones is 1. The molecule has 1 rings (SSSR count). The maximum Gasteiger partial charge on any atom is 0.165 e. The van der Waals surface area contributed by atoms with Gasteiger partial charge >= 0.3 is 0 Å². The lowest BCUT2D eigenvalue weighted by Crippen LogP contribution is -2.21. The van der Waals surface area contributed by atoms with E-state index in [1.807, 2.05) is 0 Å². The molecule has 4 heteroatoms. The van der Waals surface area contributed by atoms with E-state index in [0.29, 0.717) is 5.56 Å². The summed E-state index contributed by atoms with van der Waals surface area (Å²) < 4.78 is 18.3. The van der Waals surface area contributed by atoms with Crippen molar-refractivity contribution in [1.29, 1.82) is 0 Å². The first-order valence-corrected chi connectivity index (χ1v) is 4.92. The van der Waals surface area contributed by atoms with Crippen molar-refractivity contribution in [2.45, 2.75) is 19.4 Å². The van der Waals surface area contributed by atoms with Crippen LogP contribution in [0.4, 0.5) is 4.39 Å². The fourth-order valence-corrected chi connectivity index (χ4v) is 1.34. The van der Waals surface area contributed by atoms with Crippen molar-refractivity contribution in [3.63, 3.8) is 0 Å². The molecule has 15 heavy (non-hydrogen) atoms. The Hall–Kier alpha value is -0.930. The van der Waals surface area contributed by atoms with E-state index in [-0.39, 0.29) is 17.2 Å². The van der Waals surface area contributed by atoms with Gasteiger partial charge in [0.2, 0.25) is 0 Å². The second-order valence-corrected chi connectivity index (χ2v) is 3.64. The van der Waals surface area contributed by atoms with Crippen LogP contribution in [0.25, 0.3) is 0 Å². The van der Waals surface area contributed by atoms with E-state index in [2.05, 4.69) is 0 Å². The van der Waals surface area contributed by atoms with Crippen LogP contribution in [0.5, 0.6) is 0 Å². The number of halogens is 2. The van der Waals surface area contributed by atoms with Crippen molar-refractivity contribution >= 4 is 17.4 Å².